The SMILES string of the molecule is CCc1cc(-c2c[nH]c3ncc(C4CN(C=O)CCO4)cc23)nc(N)n1. The lowest BCUT2D eigenvalue weighted by molar-refractivity contribution is -0.125. The Kier molecular flexibility index (Phi) is 4.26. The summed E-state index contributed by atoms with van der Waals surface area (Å²) in [4.78, 5) is 29.1. The molecule has 3 aromatic rings. The zero-order chi connectivity index (χ0) is 18.1. The van der Waals surface area contributed by atoms with Gasteiger partial charge in [0.1, 0.15) is 11.8 Å². The molecule has 26 heavy (non-hydrogen) atoms. The molecule has 0 saturated carbocycles. The Morgan fingerprint density at radius 1 is 1.42 bits per heavy atom. The summed E-state index contributed by atoms with van der Waals surface area (Å²) in [6, 6.07) is 3.98. The molecule has 1 amide bonds. The van der Waals surface area contributed by atoms with E-state index in [0.29, 0.717) is 19.7 Å². The highest BCUT2D eigenvalue weighted by Gasteiger charge is 2.22. The summed E-state index contributed by atoms with van der Waals surface area (Å²) in [6.07, 6.45) is 5.12. The van der Waals surface area contributed by atoms with Crippen molar-refractivity contribution in [2.45, 2.75) is 19.4 Å². The van der Waals surface area contributed by atoms with E-state index in [2.05, 4.69) is 19.9 Å². The predicted molar refractivity (Wildman–Crippen MR) is 97.2 cm³/mol. The number of fused-ring (bicyclic) bond motifs is 1. The number of ether oxygens (including phenoxy) is 1. The third kappa shape index (κ3) is 2.99. The van der Waals surface area contributed by atoms with Gasteiger partial charge >= 0.3 is 0 Å². The number of nitrogens with one attached hydrogen (secondary N) is 1. The average molecular weight is 352 g/mol. The number of hydrogen-bond donors (Lipinski definition) is 2. The quantitative estimate of drug-likeness (QED) is 0.692. The number of aromatic amines is 1. The van der Waals surface area contributed by atoms with Gasteiger partial charge in [-0.1, -0.05) is 6.92 Å². The molecule has 0 spiro atoms. The predicted octanol–water partition coefficient (Wildman–Crippen LogP) is 1.69. The third-order valence-corrected chi connectivity index (χ3v) is 4.61. The van der Waals surface area contributed by atoms with Crippen LogP contribution < -0.4 is 5.73 Å². The Hall–Kier alpha value is -3.00. The molecule has 134 valence electrons. The highest BCUT2D eigenvalue weighted by atomic mass is 16.5. The summed E-state index contributed by atoms with van der Waals surface area (Å²) < 4.78 is 5.83. The molecular weight excluding hydrogens is 332 g/mol. The molecule has 4 rings (SSSR count). The molecule has 1 fully saturated rings. The van der Waals surface area contributed by atoms with E-state index < -0.39 is 0 Å². The van der Waals surface area contributed by atoms with E-state index in [0.717, 1.165) is 46.4 Å². The van der Waals surface area contributed by atoms with Crippen molar-refractivity contribution in [1.29, 1.82) is 0 Å². The molecule has 0 aliphatic carbocycles. The molecule has 0 bridgehead atoms. The fraction of sp³-hybridized carbons (Fsp3) is 0.333. The number of carbonyl (C=O) groups is 1. The lowest BCUT2D eigenvalue weighted by atomic mass is 10.1. The molecule has 8 heteroatoms. The topological polar surface area (TPSA) is 110 Å². The number of hydrogen-bond acceptors (Lipinski definition) is 6. The maximum atomic E-state index is 11.1. The molecule has 3 aromatic heterocycles. The average Bonchev–Trinajstić information content (AvgIpc) is 3.10. The summed E-state index contributed by atoms with van der Waals surface area (Å²) in [6.45, 7) is 3.69. The van der Waals surface area contributed by atoms with Gasteiger partial charge in [0.25, 0.3) is 0 Å². The first-order valence-electron chi connectivity index (χ1n) is 8.59. The van der Waals surface area contributed by atoms with E-state index in [-0.39, 0.29) is 12.1 Å². The Morgan fingerprint density at radius 3 is 3.12 bits per heavy atom. The number of aryl methyl sites for hydroxylation is 1. The summed E-state index contributed by atoms with van der Waals surface area (Å²) >= 11 is 0. The normalized spacial score (nSPS) is 17.6. The van der Waals surface area contributed by atoms with Crippen LogP contribution in [0.4, 0.5) is 5.95 Å². The molecule has 8 nitrogen and oxygen atoms in total. The van der Waals surface area contributed by atoms with E-state index in [1.807, 2.05) is 25.3 Å². The first-order valence-corrected chi connectivity index (χ1v) is 8.59. The summed E-state index contributed by atoms with van der Waals surface area (Å²) in [5, 5.41) is 0.939. The Morgan fingerprint density at radius 2 is 2.31 bits per heavy atom. The van der Waals surface area contributed by atoms with Crippen LogP contribution in [0.1, 0.15) is 24.3 Å². The minimum Gasteiger partial charge on any atom is -0.370 e. The lowest BCUT2D eigenvalue weighted by Gasteiger charge is -2.30. The van der Waals surface area contributed by atoms with Crippen LogP contribution in [0.2, 0.25) is 0 Å². The van der Waals surface area contributed by atoms with Crippen molar-refractivity contribution in [2.75, 3.05) is 25.4 Å². The molecule has 1 saturated heterocycles. The van der Waals surface area contributed by atoms with Crippen molar-refractivity contribution in [1.82, 2.24) is 24.8 Å². The van der Waals surface area contributed by atoms with Gasteiger partial charge in [0, 0.05) is 41.1 Å². The van der Waals surface area contributed by atoms with Crippen LogP contribution in [0.15, 0.2) is 24.5 Å². The number of anilines is 1. The molecule has 1 unspecified atom stereocenters. The van der Waals surface area contributed by atoms with Gasteiger partial charge in [0.15, 0.2) is 0 Å². The van der Waals surface area contributed by atoms with Gasteiger partial charge in [-0.15, -0.1) is 0 Å². The lowest BCUT2D eigenvalue weighted by Crippen LogP contribution is -2.37. The van der Waals surface area contributed by atoms with Gasteiger partial charge in [-0.2, -0.15) is 0 Å². The molecule has 0 aromatic carbocycles. The van der Waals surface area contributed by atoms with E-state index >= 15 is 0 Å². The smallest absolute Gasteiger partial charge is 0.220 e. The van der Waals surface area contributed by atoms with Crippen LogP contribution in [0, 0.1) is 0 Å². The van der Waals surface area contributed by atoms with Crippen LogP contribution >= 0.6 is 0 Å². The molecule has 0 radical (unpaired) electrons. The molecule has 1 aliphatic heterocycles. The van der Waals surface area contributed by atoms with Gasteiger partial charge in [0.2, 0.25) is 12.4 Å². The van der Waals surface area contributed by atoms with Crippen LogP contribution in [-0.2, 0) is 16.0 Å². The van der Waals surface area contributed by atoms with Crippen LogP contribution in [-0.4, -0.2) is 50.9 Å². The Balaban J connectivity index is 1.75. The summed E-state index contributed by atoms with van der Waals surface area (Å²) in [5.74, 6) is 0.259. The second-order valence-electron chi connectivity index (χ2n) is 6.28. The molecule has 1 aliphatic rings. The first-order chi connectivity index (χ1) is 12.7. The maximum Gasteiger partial charge on any atom is 0.220 e. The number of amides is 1. The van der Waals surface area contributed by atoms with Crippen LogP contribution in [0.3, 0.4) is 0 Å². The number of nitrogens with two attached hydrogens (primary N) is 1. The summed E-state index contributed by atoms with van der Waals surface area (Å²) in [7, 11) is 0. The van der Waals surface area contributed by atoms with Gasteiger partial charge < -0.3 is 20.4 Å². The van der Waals surface area contributed by atoms with Crippen LogP contribution in [0.25, 0.3) is 22.3 Å². The van der Waals surface area contributed by atoms with Crippen molar-refractivity contribution in [3.05, 3.63) is 35.8 Å². The first kappa shape index (κ1) is 16.5. The van der Waals surface area contributed by atoms with E-state index in [1.54, 1.807) is 11.1 Å². The standard InChI is InChI=1S/C18H20N6O2/c1-2-12-6-15(23-18(19)22-12)14-8-21-17-13(14)5-11(7-20-17)16-9-24(10-25)3-4-26-16/h5-8,10,16H,2-4,9H2,1H3,(H,20,21)(H2,19,22,23). The van der Waals surface area contributed by atoms with Gasteiger partial charge in [-0.05, 0) is 18.6 Å². The van der Waals surface area contributed by atoms with Gasteiger partial charge in [-0.25, -0.2) is 15.0 Å². The minimum absolute atomic E-state index is 0.185. The number of carbonyl (C=O) groups excluding carboxylic acids is 1. The van der Waals surface area contributed by atoms with Crippen LogP contribution in [0.5, 0.6) is 0 Å². The monoisotopic (exact) mass is 352 g/mol. The fourth-order valence-corrected chi connectivity index (χ4v) is 3.21. The number of rotatable bonds is 4. The van der Waals surface area contributed by atoms with Gasteiger partial charge in [-0.3, -0.25) is 4.79 Å². The minimum atomic E-state index is -0.185. The highest BCUT2D eigenvalue weighted by Crippen LogP contribution is 2.30. The number of pyridine rings is 1. The van der Waals surface area contributed by atoms with Crippen molar-refractivity contribution in [3.8, 4) is 11.3 Å². The zero-order valence-electron chi connectivity index (χ0n) is 14.5. The largest absolute Gasteiger partial charge is 0.370 e. The second-order valence-corrected chi connectivity index (χ2v) is 6.28. The molecule has 1 atom stereocenters. The Labute approximate surface area is 150 Å². The van der Waals surface area contributed by atoms with Crippen molar-refractivity contribution in [3.63, 3.8) is 0 Å². The van der Waals surface area contributed by atoms with E-state index in [9.17, 15) is 4.79 Å². The fourth-order valence-electron chi connectivity index (χ4n) is 3.21. The number of aromatic nitrogens is 4. The number of morpholine rings is 1. The maximum absolute atomic E-state index is 11.1. The Bertz CT molecular complexity index is 954. The van der Waals surface area contributed by atoms with Gasteiger partial charge in [0.05, 0.1) is 18.8 Å². The molecule has 4 heterocycles. The molecule has 3 N–H and O–H groups in total. The van der Waals surface area contributed by atoms with Crippen molar-refractivity contribution in [2.24, 2.45) is 0 Å². The molecular formula is C18H20N6O2. The van der Waals surface area contributed by atoms with E-state index in [4.69, 9.17) is 10.5 Å². The summed E-state index contributed by atoms with van der Waals surface area (Å²) in [5.41, 5.74) is 10.1. The second kappa shape index (κ2) is 6.72. The number of nitrogens with zero attached hydrogens (tertiary/aromatic N) is 4. The third-order valence-electron chi connectivity index (χ3n) is 4.61. The number of nitrogen functional groups attached to an aromatic ring is 1. The van der Waals surface area contributed by atoms with Crippen molar-refractivity contribution >= 4 is 23.4 Å². The zero-order valence-corrected chi connectivity index (χ0v) is 14.5. The van der Waals surface area contributed by atoms with Crippen molar-refractivity contribution < 1.29 is 9.53 Å². The highest BCUT2D eigenvalue weighted by molar-refractivity contribution is 5.93. The number of H-pyrrole nitrogens is 1. The van der Waals surface area contributed by atoms with E-state index in [1.165, 1.54) is 0 Å².